The van der Waals surface area contributed by atoms with Gasteiger partial charge in [0.25, 0.3) is 0 Å². The first-order valence-electron chi connectivity index (χ1n) is 4.49. The molecule has 0 aliphatic carbocycles. The van der Waals surface area contributed by atoms with Crippen molar-refractivity contribution in [3.05, 3.63) is 17.9 Å². The quantitative estimate of drug-likeness (QED) is 0.761. The van der Waals surface area contributed by atoms with E-state index in [1.807, 2.05) is 12.1 Å². The van der Waals surface area contributed by atoms with Gasteiger partial charge in [0.15, 0.2) is 5.09 Å². The zero-order chi connectivity index (χ0) is 9.90. The fourth-order valence-electron chi connectivity index (χ4n) is 0.991. The molecule has 1 heterocycles. The Bertz CT molecular complexity index is 262. The van der Waals surface area contributed by atoms with Gasteiger partial charge in [-0.25, -0.2) is 0 Å². The van der Waals surface area contributed by atoms with Gasteiger partial charge >= 0.3 is 0 Å². The molecule has 1 rings (SSSR count). The molecule has 74 valence electrons. The van der Waals surface area contributed by atoms with E-state index in [0.717, 1.165) is 17.3 Å². The Labute approximate surface area is 83.9 Å². The van der Waals surface area contributed by atoms with E-state index in [0.29, 0.717) is 6.54 Å². The van der Waals surface area contributed by atoms with Gasteiger partial charge in [0.05, 0.1) is 0 Å². The summed E-state index contributed by atoms with van der Waals surface area (Å²) in [5.41, 5.74) is 5.43. The van der Waals surface area contributed by atoms with Crippen molar-refractivity contribution < 1.29 is 4.42 Å². The van der Waals surface area contributed by atoms with Gasteiger partial charge in [0.1, 0.15) is 5.76 Å². The summed E-state index contributed by atoms with van der Waals surface area (Å²) >= 11 is 1.74. The molecule has 0 amide bonds. The van der Waals surface area contributed by atoms with Gasteiger partial charge in [-0.2, -0.15) is 0 Å². The average Bonchev–Trinajstić information content (AvgIpc) is 2.33. The molecule has 2 N–H and O–H groups in total. The largest absolute Gasteiger partial charge is 0.455 e. The molecule has 0 aromatic carbocycles. The van der Waals surface area contributed by atoms with E-state index in [1.54, 1.807) is 11.8 Å². The van der Waals surface area contributed by atoms with Crippen molar-refractivity contribution in [3.8, 4) is 0 Å². The van der Waals surface area contributed by atoms with E-state index >= 15 is 0 Å². The van der Waals surface area contributed by atoms with Crippen LogP contribution in [0.15, 0.2) is 21.6 Å². The molecule has 1 aromatic rings. The van der Waals surface area contributed by atoms with Crippen LogP contribution >= 0.6 is 11.8 Å². The average molecular weight is 199 g/mol. The Hall–Kier alpha value is -0.410. The molecule has 3 heteroatoms. The minimum absolute atomic E-state index is 0.206. The van der Waals surface area contributed by atoms with Gasteiger partial charge in [-0.15, -0.1) is 0 Å². The van der Waals surface area contributed by atoms with Crippen LogP contribution in [0.1, 0.15) is 26.5 Å². The monoisotopic (exact) mass is 199 g/mol. The molecule has 0 fully saturated rings. The van der Waals surface area contributed by atoms with Gasteiger partial charge in [-0.05, 0) is 18.7 Å². The van der Waals surface area contributed by atoms with Crippen molar-refractivity contribution in [1.29, 1.82) is 0 Å². The van der Waals surface area contributed by atoms with Crippen molar-refractivity contribution in [3.63, 3.8) is 0 Å². The van der Waals surface area contributed by atoms with Crippen LogP contribution in [-0.4, -0.2) is 11.3 Å². The Morgan fingerprint density at radius 3 is 2.62 bits per heavy atom. The van der Waals surface area contributed by atoms with Crippen LogP contribution in [0.4, 0.5) is 0 Å². The van der Waals surface area contributed by atoms with Gasteiger partial charge in [-0.1, -0.05) is 32.5 Å². The van der Waals surface area contributed by atoms with Gasteiger partial charge in [0.2, 0.25) is 0 Å². The second kappa shape index (κ2) is 4.20. The molecular formula is C10H17NOS. The van der Waals surface area contributed by atoms with E-state index in [9.17, 15) is 0 Å². The summed E-state index contributed by atoms with van der Waals surface area (Å²) < 4.78 is 5.79. The van der Waals surface area contributed by atoms with Crippen LogP contribution in [0.2, 0.25) is 0 Å². The summed E-state index contributed by atoms with van der Waals surface area (Å²) in [5, 5.41) is 0.982. The molecule has 0 saturated carbocycles. The van der Waals surface area contributed by atoms with Crippen molar-refractivity contribution in [1.82, 2.24) is 0 Å². The van der Waals surface area contributed by atoms with Crippen LogP contribution in [0.3, 0.4) is 0 Å². The zero-order valence-corrected chi connectivity index (χ0v) is 9.28. The van der Waals surface area contributed by atoms with E-state index in [1.165, 1.54) is 0 Å². The summed E-state index contributed by atoms with van der Waals surface area (Å²) in [7, 11) is 0. The molecular weight excluding hydrogens is 182 g/mol. The van der Waals surface area contributed by atoms with E-state index in [-0.39, 0.29) is 4.75 Å². The van der Waals surface area contributed by atoms with Gasteiger partial charge < -0.3 is 10.2 Å². The summed E-state index contributed by atoms with van der Waals surface area (Å²) in [6.45, 7) is 7.15. The molecule has 0 bridgehead atoms. The Morgan fingerprint density at radius 2 is 2.08 bits per heavy atom. The summed E-state index contributed by atoms with van der Waals surface area (Å²) in [4.78, 5) is 0. The van der Waals surface area contributed by atoms with Crippen LogP contribution < -0.4 is 5.73 Å². The maximum Gasteiger partial charge on any atom is 0.160 e. The van der Waals surface area contributed by atoms with Crippen molar-refractivity contribution in [2.24, 2.45) is 5.73 Å². The molecule has 0 saturated heterocycles. The SMILES string of the molecule is CC(C)(C)Sc1ccc(CCN)o1. The summed E-state index contributed by atoms with van der Waals surface area (Å²) in [5.74, 6) is 0.981. The molecule has 0 aliphatic rings. The fourth-order valence-corrected chi connectivity index (χ4v) is 1.88. The maximum absolute atomic E-state index is 5.58. The third kappa shape index (κ3) is 3.87. The van der Waals surface area contributed by atoms with Crippen molar-refractivity contribution >= 4 is 11.8 Å². The third-order valence-electron chi connectivity index (χ3n) is 1.43. The lowest BCUT2D eigenvalue weighted by Crippen LogP contribution is -2.06. The molecule has 0 spiro atoms. The zero-order valence-electron chi connectivity index (χ0n) is 8.46. The topological polar surface area (TPSA) is 39.2 Å². The van der Waals surface area contributed by atoms with Crippen LogP contribution in [-0.2, 0) is 6.42 Å². The second-order valence-electron chi connectivity index (χ2n) is 3.97. The maximum atomic E-state index is 5.58. The van der Waals surface area contributed by atoms with Crippen LogP contribution in [0.5, 0.6) is 0 Å². The predicted molar refractivity (Wildman–Crippen MR) is 57.1 cm³/mol. The summed E-state index contributed by atoms with van der Waals surface area (Å²) in [6.07, 6.45) is 0.824. The standard InChI is InChI=1S/C10H17NOS/c1-10(2,3)13-9-5-4-8(12-9)6-7-11/h4-5H,6-7,11H2,1-3H3. The number of rotatable bonds is 3. The molecule has 0 unspecified atom stereocenters. The normalized spacial score (nSPS) is 12.0. The number of nitrogens with two attached hydrogens (primary N) is 1. The lowest BCUT2D eigenvalue weighted by atomic mass is 10.3. The highest BCUT2D eigenvalue weighted by atomic mass is 32.2. The molecule has 2 nitrogen and oxygen atoms in total. The first-order chi connectivity index (χ1) is 6.01. The van der Waals surface area contributed by atoms with Crippen molar-refractivity contribution in [2.75, 3.05) is 6.54 Å². The minimum Gasteiger partial charge on any atom is -0.455 e. The lowest BCUT2D eigenvalue weighted by molar-refractivity contribution is 0.431. The molecule has 0 radical (unpaired) electrons. The predicted octanol–water partition coefficient (Wildman–Crippen LogP) is 2.67. The number of hydrogen-bond donors (Lipinski definition) is 1. The van der Waals surface area contributed by atoms with E-state index in [2.05, 4.69) is 20.8 Å². The lowest BCUT2D eigenvalue weighted by Gasteiger charge is -2.14. The van der Waals surface area contributed by atoms with Gasteiger partial charge in [-0.3, -0.25) is 0 Å². The molecule has 0 atom stereocenters. The number of furan rings is 1. The molecule has 13 heavy (non-hydrogen) atoms. The summed E-state index contributed by atoms with van der Waals surface area (Å²) in [6, 6.07) is 4.02. The van der Waals surface area contributed by atoms with Crippen molar-refractivity contribution in [2.45, 2.75) is 37.0 Å². The van der Waals surface area contributed by atoms with E-state index in [4.69, 9.17) is 10.2 Å². The van der Waals surface area contributed by atoms with Crippen LogP contribution in [0.25, 0.3) is 0 Å². The van der Waals surface area contributed by atoms with E-state index < -0.39 is 0 Å². The fraction of sp³-hybridized carbons (Fsp3) is 0.600. The third-order valence-corrected chi connectivity index (χ3v) is 2.47. The smallest absolute Gasteiger partial charge is 0.160 e. The minimum atomic E-state index is 0.206. The Kier molecular flexibility index (Phi) is 3.45. The Morgan fingerprint density at radius 1 is 1.38 bits per heavy atom. The highest BCUT2D eigenvalue weighted by molar-refractivity contribution is 8.00. The first-order valence-corrected chi connectivity index (χ1v) is 5.31. The molecule has 0 aliphatic heterocycles. The highest BCUT2D eigenvalue weighted by Crippen LogP contribution is 2.32. The van der Waals surface area contributed by atoms with Gasteiger partial charge in [0, 0.05) is 11.2 Å². The first kappa shape index (κ1) is 10.7. The number of hydrogen-bond acceptors (Lipinski definition) is 3. The highest BCUT2D eigenvalue weighted by Gasteiger charge is 2.14. The molecule has 1 aromatic heterocycles. The number of thioether (sulfide) groups is 1. The second-order valence-corrected chi connectivity index (χ2v) is 5.81. The Balaban J connectivity index is 2.59. The van der Waals surface area contributed by atoms with Crippen LogP contribution in [0, 0.1) is 0 Å².